The van der Waals surface area contributed by atoms with Gasteiger partial charge in [-0.15, -0.1) is 0 Å². The van der Waals surface area contributed by atoms with Crippen molar-refractivity contribution in [3.63, 3.8) is 0 Å². The van der Waals surface area contributed by atoms with Crippen molar-refractivity contribution >= 4 is 0 Å². The Morgan fingerprint density at radius 2 is 1.71 bits per heavy atom. The lowest BCUT2D eigenvalue weighted by Crippen LogP contribution is -2.38. The Labute approximate surface area is 107 Å². The van der Waals surface area contributed by atoms with Crippen LogP contribution in [0.15, 0.2) is 0 Å². The summed E-state index contributed by atoms with van der Waals surface area (Å²) >= 11 is 0. The third-order valence-corrected chi connectivity index (χ3v) is 4.63. The topological polar surface area (TPSA) is 21.3 Å². The highest BCUT2D eigenvalue weighted by Crippen LogP contribution is 2.29. The molecule has 1 N–H and O–H groups in total. The molecule has 0 aromatic rings. The summed E-state index contributed by atoms with van der Waals surface area (Å²) < 4.78 is 5.89. The minimum atomic E-state index is 0.532. The number of rotatable bonds is 4. The zero-order chi connectivity index (χ0) is 11.9. The molecule has 17 heavy (non-hydrogen) atoms. The predicted molar refractivity (Wildman–Crippen MR) is 72.2 cm³/mol. The van der Waals surface area contributed by atoms with Crippen LogP contribution in [-0.2, 0) is 4.74 Å². The van der Waals surface area contributed by atoms with E-state index in [9.17, 15) is 0 Å². The van der Waals surface area contributed by atoms with E-state index in [1.807, 2.05) is 0 Å². The van der Waals surface area contributed by atoms with Crippen LogP contribution in [0.25, 0.3) is 0 Å². The van der Waals surface area contributed by atoms with Crippen molar-refractivity contribution in [1.82, 2.24) is 5.32 Å². The van der Waals surface area contributed by atoms with E-state index in [1.165, 1.54) is 64.2 Å². The van der Waals surface area contributed by atoms with Crippen molar-refractivity contribution in [2.24, 2.45) is 5.92 Å². The molecule has 2 rings (SSSR count). The molecular formula is C15H29NO. The van der Waals surface area contributed by atoms with Gasteiger partial charge in [-0.1, -0.05) is 25.7 Å². The van der Waals surface area contributed by atoms with Gasteiger partial charge in [0.25, 0.3) is 0 Å². The third-order valence-electron chi connectivity index (χ3n) is 4.63. The maximum absolute atomic E-state index is 5.89. The fraction of sp³-hybridized carbons (Fsp3) is 1.00. The van der Waals surface area contributed by atoms with E-state index in [2.05, 4.69) is 12.4 Å². The Morgan fingerprint density at radius 3 is 2.29 bits per heavy atom. The standard InChI is InChI=1S/C15H29NO/c1-16-15(12-14-10-6-7-11-17-14)13-8-4-2-3-5-9-13/h13-16H,2-12H2,1H3. The van der Waals surface area contributed by atoms with Crippen LogP contribution in [0, 0.1) is 5.92 Å². The number of nitrogens with one attached hydrogen (secondary N) is 1. The van der Waals surface area contributed by atoms with Gasteiger partial charge in [0, 0.05) is 12.6 Å². The summed E-state index contributed by atoms with van der Waals surface area (Å²) in [7, 11) is 2.14. The second-order valence-corrected chi connectivity index (χ2v) is 5.87. The van der Waals surface area contributed by atoms with Crippen LogP contribution in [-0.4, -0.2) is 25.8 Å². The van der Waals surface area contributed by atoms with Crippen molar-refractivity contribution < 1.29 is 4.74 Å². The van der Waals surface area contributed by atoms with Gasteiger partial charge in [0.1, 0.15) is 0 Å². The Balaban J connectivity index is 1.81. The van der Waals surface area contributed by atoms with Gasteiger partial charge in [-0.2, -0.15) is 0 Å². The number of ether oxygens (including phenoxy) is 1. The Kier molecular flexibility index (Phi) is 5.79. The average molecular weight is 239 g/mol. The fourth-order valence-corrected chi connectivity index (χ4v) is 3.54. The number of hydrogen-bond acceptors (Lipinski definition) is 2. The van der Waals surface area contributed by atoms with Crippen molar-refractivity contribution in [1.29, 1.82) is 0 Å². The Hall–Kier alpha value is -0.0800. The van der Waals surface area contributed by atoms with Crippen molar-refractivity contribution in [2.45, 2.75) is 76.4 Å². The summed E-state index contributed by atoms with van der Waals surface area (Å²) in [4.78, 5) is 0. The van der Waals surface area contributed by atoms with Crippen LogP contribution in [0.2, 0.25) is 0 Å². The Morgan fingerprint density at radius 1 is 1.00 bits per heavy atom. The first-order valence-electron chi connectivity index (χ1n) is 7.69. The molecule has 2 aliphatic rings. The molecule has 1 aliphatic carbocycles. The molecule has 0 amide bonds. The van der Waals surface area contributed by atoms with Gasteiger partial charge in [-0.25, -0.2) is 0 Å². The zero-order valence-corrected chi connectivity index (χ0v) is 11.4. The summed E-state index contributed by atoms with van der Waals surface area (Å²) in [5.74, 6) is 0.896. The largest absolute Gasteiger partial charge is 0.378 e. The molecule has 0 spiro atoms. The van der Waals surface area contributed by atoms with E-state index >= 15 is 0 Å². The maximum Gasteiger partial charge on any atom is 0.0590 e. The highest BCUT2D eigenvalue weighted by atomic mass is 16.5. The van der Waals surface area contributed by atoms with Crippen LogP contribution in [0.5, 0.6) is 0 Å². The molecule has 2 nitrogen and oxygen atoms in total. The Bertz CT molecular complexity index is 193. The van der Waals surface area contributed by atoms with Crippen LogP contribution < -0.4 is 5.32 Å². The minimum absolute atomic E-state index is 0.532. The van der Waals surface area contributed by atoms with Gasteiger partial charge in [0.2, 0.25) is 0 Å². The first kappa shape index (κ1) is 13.4. The van der Waals surface area contributed by atoms with Gasteiger partial charge in [0.15, 0.2) is 0 Å². The molecule has 100 valence electrons. The molecule has 2 heteroatoms. The van der Waals surface area contributed by atoms with Gasteiger partial charge < -0.3 is 10.1 Å². The molecule has 0 aromatic carbocycles. The molecule has 1 heterocycles. The van der Waals surface area contributed by atoms with E-state index in [0.29, 0.717) is 12.1 Å². The average Bonchev–Trinajstić information content (AvgIpc) is 2.66. The number of hydrogen-bond donors (Lipinski definition) is 1. The lowest BCUT2D eigenvalue weighted by Gasteiger charge is -2.31. The van der Waals surface area contributed by atoms with Crippen LogP contribution in [0.3, 0.4) is 0 Å². The van der Waals surface area contributed by atoms with E-state index in [1.54, 1.807) is 0 Å². The predicted octanol–water partition coefficient (Wildman–Crippen LogP) is 3.50. The third kappa shape index (κ3) is 4.26. The second-order valence-electron chi connectivity index (χ2n) is 5.87. The zero-order valence-electron chi connectivity index (χ0n) is 11.4. The molecule has 1 saturated heterocycles. The molecule has 0 aromatic heterocycles. The molecule has 1 aliphatic heterocycles. The van der Waals surface area contributed by atoms with Crippen molar-refractivity contribution in [2.75, 3.05) is 13.7 Å². The summed E-state index contributed by atoms with van der Waals surface area (Å²) in [6.07, 6.45) is 14.3. The van der Waals surface area contributed by atoms with Crippen molar-refractivity contribution in [3.05, 3.63) is 0 Å². The van der Waals surface area contributed by atoms with Crippen LogP contribution in [0.4, 0.5) is 0 Å². The molecule has 1 saturated carbocycles. The van der Waals surface area contributed by atoms with Crippen LogP contribution >= 0.6 is 0 Å². The van der Waals surface area contributed by atoms with Gasteiger partial charge >= 0.3 is 0 Å². The lowest BCUT2D eigenvalue weighted by molar-refractivity contribution is 0.00107. The molecule has 0 bridgehead atoms. The minimum Gasteiger partial charge on any atom is -0.378 e. The summed E-state index contributed by atoms with van der Waals surface area (Å²) in [6, 6.07) is 0.691. The van der Waals surface area contributed by atoms with Gasteiger partial charge in [-0.05, 0) is 51.5 Å². The van der Waals surface area contributed by atoms with E-state index in [0.717, 1.165) is 12.5 Å². The van der Waals surface area contributed by atoms with E-state index < -0.39 is 0 Å². The molecule has 2 atom stereocenters. The maximum atomic E-state index is 5.89. The van der Waals surface area contributed by atoms with Gasteiger partial charge in [0.05, 0.1) is 6.10 Å². The first-order chi connectivity index (χ1) is 8.40. The monoisotopic (exact) mass is 239 g/mol. The van der Waals surface area contributed by atoms with E-state index in [4.69, 9.17) is 4.74 Å². The second kappa shape index (κ2) is 7.38. The molecule has 0 radical (unpaired) electrons. The SMILES string of the molecule is CNC(CC1CCCCO1)C1CCCCCC1. The highest BCUT2D eigenvalue weighted by molar-refractivity contribution is 4.81. The molecule has 2 fully saturated rings. The summed E-state index contributed by atoms with van der Waals surface area (Å²) in [5.41, 5.74) is 0. The van der Waals surface area contributed by atoms with Crippen LogP contribution in [0.1, 0.15) is 64.2 Å². The molecule has 2 unspecified atom stereocenters. The normalized spacial score (nSPS) is 29.8. The quantitative estimate of drug-likeness (QED) is 0.758. The van der Waals surface area contributed by atoms with E-state index in [-0.39, 0.29) is 0 Å². The summed E-state index contributed by atoms with van der Waals surface area (Å²) in [6.45, 7) is 0.992. The first-order valence-corrected chi connectivity index (χ1v) is 7.69. The van der Waals surface area contributed by atoms with Crippen molar-refractivity contribution in [3.8, 4) is 0 Å². The highest BCUT2D eigenvalue weighted by Gasteiger charge is 2.25. The summed E-state index contributed by atoms with van der Waals surface area (Å²) in [5, 5.41) is 3.57. The van der Waals surface area contributed by atoms with Gasteiger partial charge in [-0.3, -0.25) is 0 Å². The fourth-order valence-electron chi connectivity index (χ4n) is 3.54. The lowest BCUT2D eigenvalue weighted by atomic mass is 9.87. The smallest absolute Gasteiger partial charge is 0.0590 e. The molecular weight excluding hydrogens is 210 g/mol.